The van der Waals surface area contributed by atoms with E-state index in [2.05, 4.69) is 35.0 Å². The van der Waals surface area contributed by atoms with Crippen LogP contribution in [0.2, 0.25) is 0 Å². The Hall–Kier alpha value is -3.63. The number of hydrogen-bond donors (Lipinski definition) is 2. The van der Waals surface area contributed by atoms with Crippen molar-refractivity contribution in [1.29, 1.82) is 0 Å². The number of fused-ring (bicyclic) bond motifs is 1. The van der Waals surface area contributed by atoms with Gasteiger partial charge in [-0.2, -0.15) is 10.1 Å². The summed E-state index contributed by atoms with van der Waals surface area (Å²) < 4.78 is 11.1. The second-order valence-corrected chi connectivity index (χ2v) is 7.13. The molecule has 3 aromatic heterocycles. The predicted octanol–water partition coefficient (Wildman–Crippen LogP) is 1.48. The third kappa shape index (κ3) is 4.30. The molecule has 31 heavy (non-hydrogen) atoms. The highest BCUT2D eigenvalue weighted by molar-refractivity contribution is 5.79. The maximum atomic E-state index is 12.4. The predicted molar refractivity (Wildman–Crippen MR) is 114 cm³/mol. The van der Waals surface area contributed by atoms with E-state index in [1.807, 2.05) is 24.3 Å². The normalized spacial score (nSPS) is 14.7. The molecule has 1 saturated heterocycles. The first-order chi connectivity index (χ1) is 15.3. The van der Waals surface area contributed by atoms with Crippen LogP contribution in [0.25, 0.3) is 33.8 Å². The number of nitrogens with one attached hydrogen (secondary N) is 2. The molecule has 1 aliphatic rings. The van der Waals surface area contributed by atoms with Crippen LogP contribution in [-0.2, 0) is 4.74 Å². The molecule has 10 heteroatoms. The highest BCUT2D eigenvalue weighted by Gasteiger charge is 2.14. The Labute approximate surface area is 177 Å². The number of rotatable bonds is 6. The fourth-order valence-electron chi connectivity index (χ4n) is 3.44. The largest absolute Gasteiger partial charge is 0.462 e. The van der Waals surface area contributed by atoms with Crippen molar-refractivity contribution in [2.45, 2.75) is 0 Å². The Balaban J connectivity index is 1.36. The van der Waals surface area contributed by atoms with Gasteiger partial charge >= 0.3 is 6.01 Å². The summed E-state index contributed by atoms with van der Waals surface area (Å²) in [5.41, 5.74) is 2.73. The fourth-order valence-corrected chi connectivity index (χ4v) is 3.44. The first-order valence-electron chi connectivity index (χ1n) is 10.1. The summed E-state index contributed by atoms with van der Waals surface area (Å²) in [7, 11) is 0. The molecule has 158 valence electrons. The van der Waals surface area contributed by atoms with Gasteiger partial charge in [0.2, 0.25) is 0 Å². The summed E-state index contributed by atoms with van der Waals surface area (Å²) >= 11 is 0. The van der Waals surface area contributed by atoms with E-state index in [1.165, 1.54) is 0 Å². The maximum absolute atomic E-state index is 12.4. The third-order valence-corrected chi connectivity index (χ3v) is 5.09. The topological polar surface area (TPSA) is 122 Å². The van der Waals surface area contributed by atoms with Crippen molar-refractivity contribution in [1.82, 2.24) is 35.0 Å². The number of aromatic amines is 2. The molecule has 1 aromatic carbocycles. The van der Waals surface area contributed by atoms with Crippen LogP contribution in [0.5, 0.6) is 6.01 Å². The molecule has 0 spiro atoms. The van der Waals surface area contributed by atoms with Crippen LogP contribution in [0.4, 0.5) is 0 Å². The van der Waals surface area contributed by atoms with E-state index in [0.29, 0.717) is 29.4 Å². The van der Waals surface area contributed by atoms with Crippen molar-refractivity contribution in [2.75, 3.05) is 39.5 Å². The van der Waals surface area contributed by atoms with Crippen LogP contribution in [0, 0.1) is 0 Å². The third-order valence-electron chi connectivity index (χ3n) is 5.09. The number of para-hydroxylation sites is 2. The van der Waals surface area contributed by atoms with Crippen molar-refractivity contribution < 1.29 is 9.47 Å². The number of aromatic nitrogens is 6. The number of H-pyrrole nitrogens is 2. The zero-order valence-electron chi connectivity index (χ0n) is 16.7. The summed E-state index contributed by atoms with van der Waals surface area (Å²) in [5.74, 6) is 0.474. The Morgan fingerprint density at radius 1 is 1.10 bits per heavy atom. The first kappa shape index (κ1) is 19.3. The van der Waals surface area contributed by atoms with Crippen LogP contribution < -0.4 is 10.3 Å². The van der Waals surface area contributed by atoms with Gasteiger partial charge in [0.25, 0.3) is 5.56 Å². The van der Waals surface area contributed by atoms with Gasteiger partial charge in [-0.25, -0.2) is 15.1 Å². The number of hydrogen-bond acceptors (Lipinski definition) is 8. The smallest absolute Gasteiger partial charge is 0.316 e. The van der Waals surface area contributed by atoms with E-state index in [-0.39, 0.29) is 11.6 Å². The number of imidazole rings is 1. The van der Waals surface area contributed by atoms with Gasteiger partial charge in [0.05, 0.1) is 35.5 Å². The minimum atomic E-state index is -0.334. The zero-order valence-corrected chi connectivity index (χ0v) is 16.7. The second kappa shape index (κ2) is 8.62. The van der Waals surface area contributed by atoms with E-state index in [1.54, 1.807) is 18.3 Å². The SMILES string of the molecule is O=c1[nH]nc(-c2ccnc(OCCN3CCOCC3)n2)cc1-c1nc2ccccc2[nH]1. The zero-order chi connectivity index (χ0) is 21.0. The molecule has 4 aromatic rings. The lowest BCUT2D eigenvalue weighted by Gasteiger charge is -2.26. The minimum Gasteiger partial charge on any atom is -0.462 e. The van der Waals surface area contributed by atoms with Crippen molar-refractivity contribution in [3.05, 3.63) is 52.9 Å². The second-order valence-electron chi connectivity index (χ2n) is 7.13. The van der Waals surface area contributed by atoms with Crippen LogP contribution in [-0.4, -0.2) is 74.5 Å². The Kier molecular flexibility index (Phi) is 5.38. The number of morpholine rings is 1. The van der Waals surface area contributed by atoms with Gasteiger partial charge in [0.15, 0.2) is 0 Å². The van der Waals surface area contributed by atoms with Gasteiger partial charge in [-0.3, -0.25) is 9.69 Å². The molecule has 0 bridgehead atoms. The summed E-state index contributed by atoms with van der Waals surface area (Å²) in [5, 5.41) is 6.67. The van der Waals surface area contributed by atoms with Gasteiger partial charge in [-0.15, -0.1) is 0 Å². The van der Waals surface area contributed by atoms with E-state index >= 15 is 0 Å². The molecule has 0 amide bonds. The minimum absolute atomic E-state index is 0.268. The first-order valence-corrected chi connectivity index (χ1v) is 10.1. The van der Waals surface area contributed by atoms with E-state index in [0.717, 1.165) is 43.9 Å². The molecule has 1 fully saturated rings. The fraction of sp³-hybridized carbons (Fsp3) is 0.286. The molecule has 5 rings (SSSR count). The van der Waals surface area contributed by atoms with Gasteiger partial charge in [0, 0.05) is 25.8 Å². The monoisotopic (exact) mass is 419 g/mol. The Morgan fingerprint density at radius 3 is 2.84 bits per heavy atom. The summed E-state index contributed by atoms with van der Waals surface area (Å²) in [6.07, 6.45) is 1.61. The van der Waals surface area contributed by atoms with E-state index < -0.39 is 0 Å². The molecule has 0 atom stereocenters. The highest BCUT2D eigenvalue weighted by atomic mass is 16.5. The van der Waals surface area contributed by atoms with Gasteiger partial charge in [0.1, 0.15) is 18.1 Å². The summed E-state index contributed by atoms with van der Waals surface area (Å²) in [4.78, 5) is 31.0. The maximum Gasteiger partial charge on any atom is 0.316 e. The van der Waals surface area contributed by atoms with Crippen LogP contribution in [0.3, 0.4) is 0 Å². The number of ether oxygens (including phenoxy) is 2. The van der Waals surface area contributed by atoms with Crippen molar-refractivity contribution >= 4 is 11.0 Å². The number of benzene rings is 1. The molecule has 1 aliphatic heterocycles. The Morgan fingerprint density at radius 2 is 1.97 bits per heavy atom. The average molecular weight is 419 g/mol. The lowest BCUT2D eigenvalue weighted by Crippen LogP contribution is -2.38. The highest BCUT2D eigenvalue weighted by Crippen LogP contribution is 2.21. The number of nitrogens with zero attached hydrogens (tertiary/aromatic N) is 5. The van der Waals surface area contributed by atoms with E-state index in [4.69, 9.17) is 9.47 Å². The van der Waals surface area contributed by atoms with Crippen molar-refractivity contribution in [3.8, 4) is 28.8 Å². The molecule has 0 unspecified atom stereocenters. The molecule has 10 nitrogen and oxygen atoms in total. The van der Waals surface area contributed by atoms with Crippen LogP contribution in [0.15, 0.2) is 47.4 Å². The van der Waals surface area contributed by atoms with Gasteiger partial charge in [-0.05, 0) is 24.3 Å². The lowest BCUT2D eigenvalue weighted by molar-refractivity contribution is 0.0317. The lowest BCUT2D eigenvalue weighted by atomic mass is 10.2. The Bertz CT molecular complexity index is 1210. The van der Waals surface area contributed by atoms with Crippen molar-refractivity contribution in [3.63, 3.8) is 0 Å². The molecule has 0 aliphatic carbocycles. The quantitative estimate of drug-likeness (QED) is 0.482. The molecule has 4 heterocycles. The molecular weight excluding hydrogens is 398 g/mol. The summed E-state index contributed by atoms with van der Waals surface area (Å²) in [6.45, 7) is 4.55. The van der Waals surface area contributed by atoms with Crippen molar-refractivity contribution in [2.24, 2.45) is 0 Å². The van der Waals surface area contributed by atoms with Crippen LogP contribution >= 0.6 is 0 Å². The molecule has 0 saturated carbocycles. The standard InChI is InChI=1S/C21H21N7O3/c29-20-14(19-23-15-3-1-2-4-16(15)24-19)13-18(26-27-20)17-5-6-22-21(25-17)31-12-9-28-7-10-30-11-8-28/h1-6,13H,7-12H2,(H,23,24)(H,27,29). The molecule has 2 N–H and O–H groups in total. The van der Waals surface area contributed by atoms with E-state index in [9.17, 15) is 4.79 Å². The van der Waals surface area contributed by atoms with Gasteiger partial charge in [-0.1, -0.05) is 12.1 Å². The molecule has 0 radical (unpaired) electrons. The van der Waals surface area contributed by atoms with Gasteiger partial charge < -0.3 is 14.5 Å². The van der Waals surface area contributed by atoms with Crippen LogP contribution in [0.1, 0.15) is 0 Å². The average Bonchev–Trinajstić information content (AvgIpc) is 3.24. The summed E-state index contributed by atoms with van der Waals surface area (Å²) in [6, 6.07) is 11.3. The molecular formula is C21H21N7O3.